The molecule has 0 bridgehead atoms. The predicted octanol–water partition coefficient (Wildman–Crippen LogP) is 2.68. The molecule has 11 nitrogen and oxygen atoms in total. The van der Waals surface area contributed by atoms with Crippen LogP contribution in [-0.4, -0.2) is 74.6 Å². The van der Waals surface area contributed by atoms with Gasteiger partial charge < -0.3 is 14.5 Å². The number of anilines is 3. The maximum Gasteiger partial charge on any atom is 0.252 e. The van der Waals surface area contributed by atoms with Gasteiger partial charge in [-0.3, -0.25) is 15.1 Å². The Morgan fingerprint density at radius 2 is 1.83 bits per heavy atom. The Labute approximate surface area is 208 Å². The number of nitrogens with one attached hydrogen (secondary N) is 2. The van der Waals surface area contributed by atoms with Crippen LogP contribution in [0.25, 0.3) is 22.2 Å². The predicted molar refractivity (Wildman–Crippen MR) is 139 cm³/mol. The molecule has 0 atom stereocenters. The van der Waals surface area contributed by atoms with Crippen LogP contribution in [0.15, 0.2) is 35.3 Å². The average molecular weight is 488 g/mol. The molecule has 0 saturated carbocycles. The summed E-state index contributed by atoms with van der Waals surface area (Å²) >= 11 is 0. The molecular formula is C25H29N9O2. The van der Waals surface area contributed by atoms with Gasteiger partial charge in [0.2, 0.25) is 17.8 Å². The minimum atomic E-state index is -0.302. The Bertz CT molecular complexity index is 1460. The fraction of sp³-hybridized carbons (Fsp3) is 0.360. The number of rotatable bonds is 6. The molecule has 5 rings (SSSR count). The van der Waals surface area contributed by atoms with Crippen LogP contribution in [0.1, 0.15) is 18.3 Å². The Morgan fingerprint density at radius 3 is 2.58 bits per heavy atom. The van der Waals surface area contributed by atoms with Crippen LogP contribution in [-0.2, 0) is 0 Å². The van der Waals surface area contributed by atoms with E-state index in [1.807, 2.05) is 39.0 Å². The van der Waals surface area contributed by atoms with E-state index in [2.05, 4.69) is 47.1 Å². The topological polar surface area (TPSA) is 125 Å². The minimum Gasteiger partial charge on any atom is -0.494 e. The van der Waals surface area contributed by atoms with Crippen LogP contribution < -0.4 is 20.5 Å². The van der Waals surface area contributed by atoms with Crippen molar-refractivity contribution in [2.75, 3.05) is 50.1 Å². The fourth-order valence-electron chi connectivity index (χ4n) is 4.20. The molecule has 186 valence electrons. The molecule has 1 fully saturated rings. The molecule has 0 aliphatic carbocycles. The molecule has 36 heavy (non-hydrogen) atoms. The molecule has 4 heterocycles. The summed E-state index contributed by atoms with van der Waals surface area (Å²) in [6.07, 6.45) is 1.73. The molecule has 1 aliphatic heterocycles. The number of fused-ring (bicyclic) bond motifs is 1. The van der Waals surface area contributed by atoms with Crippen LogP contribution in [0.5, 0.6) is 5.75 Å². The zero-order valence-electron chi connectivity index (χ0n) is 20.9. The third-order valence-corrected chi connectivity index (χ3v) is 6.17. The van der Waals surface area contributed by atoms with Gasteiger partial charge in [0, 0.05) is 49.4 Å². The minimum absolute atomic E-state index is 0.240. The Balaban J connectivity index is 1.41. The van der Waals surface area contributed by atoms with Gasteiger partial charge in [-0.15, -0.1) is 0 Å². The van der Waals surface area contributed by atoms with Crippen molar-refractivity contribution in [1.82, 2.24) is 34.8 Å². The molecule has 4 aromatic rings. The number of nitrogens with zero attached hydrogens (tertiary/aromatic N) is 7. The van der Waals surface area contributed by atoms with Crippen LogP contribution in [0.4, 0.5) is 17.8 Å². The lowest BCUT2D eigenvalue weighted by atomic mass is 10.2. The van der Waals surface area contributed by atoms with Crippen molar-refractivity contribution in [1.29, 1.82) is 0 Å². The summed E-state index contributed by atoms with van der Waals surface area (Å²) in [6, 6.07) is 7.12. The van der Waals surface area contributed by atoms with E-state index in [1.165, 1.54) is 6.07 Å². The zero-order valence-corrected chi connectivity index (χ0v) is 20.9. The molecule has 11 heteroatoms. The quantitative estimate of drug-likeness (QED) is 0.419. The van der Waals surface area contributed by atoms with Crippen LogP contribution in [0, 0.1) is 13.8 Å². The van der Waals surface area contributed by atoms with E-state index < -0.39 is 0 Å². The molecular weight excluding hydrogens is 458 g/mol. The van der Waals surface area contributed by atoms with Gasteiger partial charge in [-0.05, 0) is 46.0 Å². The maximum absolute atomic E-state index is 12.5. The van der Waals surface area contributed by atoms with Crippen molar-refractivity contribution in [3.63, 3.8) is 0 Å². The summed E-state index contributed by atoms with van der Waals surface area (Å²) in [6.45, 7) is 10.0. The van der Waals surface area contributed by atoms with Gasteiger partial charge in [0.05, 0.1) is 29.2 Å². The molecule has 0 radical (unpaired) electrons. The van der Waals surface area contributed by atoms with Crippen LogP contribution in [0.2, 0.25) is 0 Å². The molecule has 0 amide bonds. The summed E-state index contributed by atoms with van der Waals surface area (Å²) in [5, 5.41) is 3.94. The van der Waals surface area contributed by atoms with Gasteiger partial charge in [0.1, 0.15) is 5.75 Å². The lowest BCUT2D eigenvalue weighted by Gasteiger charge is -2.32. The molecule has 0 unspecified atom stereocenters. The zero-order chi connectivity index (χ0) is 25.2. The smallest absolute Gasteiger partial charge is 0.252 e. The van der Waals surface area contributed by atoms with Gasteiger partial charge in [0.25, 0.3) is 5.56 Å². The lowest BCUT2D eigenvalue weighted by Crippen LogP contribution is -2.45. The number of piperazine rings is 1. The first-order valence-electron chi connectivity index (χ1n) is 12.0. The van der Waals surface area contributed by atoms with E-state index >= 15 is 0 Å². The SMILES string of the molecule is CCOc1ccc2nc(Nc3nc(-c4cnc(N5CCN(C)CC5)nc4C)cc(=O)[nH]3)nc(C)c2c1. The van der Waals surface area contributed by atoms with E-state index in [1.54, 1.807) is 6.20 Å². The van der Waals surface area contributed by atoms with E-state index in [4.69, 9.17) is 9.72 Å². The van der Waals surface area contributed by atoms with E-state index in [0.29, 0.717) is 29.8 Å². The number of ether oxygens (including phenoxy) is 1. The molecule has 0 spiro atoms. The molecule has 2 N–H and O–H groups in total. The largest absolute Gasteiger partial charge is 0.494 e. The summed E-state index contributed by atoms with van der Waals surface area (Å²) in [7, 11) is 2.11. The monoisotopic (exact) mass is 487 g/mol. The number of H-pyrrole nitrogens is 1. The second-order valence-corrected chi connectivity index (χ2v) is 8.81. The number of aryl methyl sites for hydroxylation is 2. The highest BCUT2D eigenvalue weighted by Gasteiger charge is 2.18. The highest BCUT2D eigenvalue weighted by molar-refractivity contribution is 5.83. The normalized spacial score (nSPS) is 14.3. The number of benzene rings is 1. The fourth-order valence-corrected chi connectivity index (χ4v) is 4.20. The van der Waals surface area contributed by atoms with Crippen molar-refractivity contribution >= 4 is 28.7 Å². The van der Waals surface area contributed by atoms with Gasteiger partial charge in [0.15, 0.2) is 0 Å². The first-order chi connectivity index (χ1) is 17.4. The van der Waals surface area contributed by atoms with Crippen molar-refractivity contribution in [2.45, 2.75) is 20.8 Å². The molecule has 1 aromatic carbocycles. The van der Waals surface area contributed by atoms with Crippen LogP contribution >= 0.6 is 0 Å². The number of hydrogen-bond donors (Lipinski definition) is 2. The van der Waals surface area contributed by atoms with E-state index in [0.717, 1.165) is 54.2 Å². The summed E-state index contributed by atoms with van der Waals surface area (Å²) in [5.74, 6) is 2.04. The van der Waals surface area contributed by atoms with Crippen molar-refractivity contribution in [3.05, 3.63) is 52.2 Å². The maximum atomic E-state index is 12.5. The first-order valence-corrected chi connectivity index (χ1v) is 12.0. The number of hydrogen-bond acceptors (Lipinski definition) is 10. The summed E-state index contributed by atoms with van der Waals surface area (Å²) < 4.78 is 5.58. The second kappa shape index (κ2) is 9.86. The lowest BCUT2D eigenvalue weighted by molar-refractivity contribution is 0.311. The molecule has 3 aromatic heterocycles. The summed E-state index contributed by atoms with van der Waals surface area (Å²) in [4.78, 5) is 42.6. The van der Waals surface area contributed by atoms with Crippen LogP contribution in [0.3, 0.4) is 0 Å². The van der Waals surface area contributed by atoms with E-state index in [-0.39, 0.29) is 11.5 Å². The standard InChI is InChI=1S/C25H29N9O2/c1-5-36-17-6-7-20-18(12-17)15(2)27-23(29-20)32-24-30-21(13-22(35)31-24)19-14-26-25(28-16(19)3)34-10-8-33(4)9-11-34/h6-7,12-14H,5,8-11H2,1-4H3,(H2,27,29,30,31,32,35). The van der Waals surface area contributed by atoms with Gasteiger partial charge >= 0.3 is 0 Å². The number of aromatic amines is 1. The number of likely N-dealkylation sites (N-methyl/N-ethyl adjacent to an activating group) is 1. The highest BCUT2D eigenvalue weighted by Crippen LogP contribution is 2.25. The Morgan fingerprint density at radius 1 is 1.03 bits per heavy atom. The number of aromatic nitrogens is 6. The van der Waals surface area contributed by atoms with Gasteiger partial charge in [-0.1, -0.05) is 0 Å². The highest BCUT2D eigenvalue weighted by atomic mass is 16.5. The Kier molecular flexibility index (Phi) is 6.47. The third kappa shape index (κ3) is 4.96. The molecule has 1 aliphatic rings. The van der Waals surface area contributed by atoms with Crippen molar-refractivity contribution in [2.24, 2.45) is 0 Å². The summed E-state index contributed by atoms with van der Waals surface area (Å²) in [5.41, 5.74) is 3.17. The first kappa shape index (κ1) is 23.6. The van der Waals surface area contributed by atoms with Gasteiger partial charge in [-0.2, -0.15) is 0 Å². The Hall–Kier alpha value is -4.12. The van der Waals surface area contributed by atoms with Gasteiger partial charge in [-0.25, -0.2) is 24.9 Å². The average Bonchev–Trinajstić information content (AvgIpc) is 2.85. The second-order valence-electron chi connectivity index (χ2n) is 8.81. The van der Waals surface area contributed by atoms with Crippen molar-refractivity contribution in [3.8, 4) is 17.0 Å². The van der Waals surface area contributed by atoms with Crippen molar-refractivity contribution < 1.29 is 4.74 Å². The molecule has 1 saturated heterocycles. The third-order valence-electron chi connectivity index (χ3n) is 6.17. The van der Waals surface area contributed by atoms with E-state index in [9.17, 15) is 4.79 Å².